The van der Waals surface area contributed by atoms with Crippen molar-refractivity contribution >= 4 is 28.0 Å². The van der Waals surface area contributed by atoms with E-state index in [-0.39, 0.29) is 35.7 Å². The number of aliphatic hydroxyl groups excluding tert-OH is 1. The molecular formula is C28H32BrN3O. The van der Waals surface area contributed by atoms with Crippen LogP contribution in [0.2, 0.25) is 0 Å². The molecule has 0 bridgehead atoms. The van der Waals surface area contributed by atoms with E-state index in [0.717, 1.165) is 11.0 Å². The first-order chi connectivity index (χ1) is 15.6. The number of nitrogens with zero attached hydrogens (tertiary/aromatic N) is 2. The van der Waals surface area contributed by atoms with Crippen LogP contribution >= 0.6 is 17.0 Å². The van der Waals surface area contributed by atoms with E-state index in [4.69, 9.17) is 0 Å². The minimum Gasteiger partial charge on any atom is -0.394 e. The van der Waals surface area contributed by atoms with Gasteiger partial charge in [0, 0.05) is 0 Å². The topological polar surface area (TPSA) is 53.9 Å². The normalized spacial score (nSPS) is 15.2. The van der Waals surface area contributed by atoms with Gasteiger partial charge in [0.25, 0.3) is 0 Å². The summed E-state index contributed by atoms with van der Waals surface area (Å²) in [5.41, 5.74) is 7.47. The maximum atomic E-state index is 10.4. The molecule has 0 amide bonds. The van der Waals surface area contributed by atoms with Crippen LogP contribution in [0.15, 0.2) is 72.8 Å². The van der Waals surface area contributed by atoms with E-state index in [1.54, 1.807) is 0 Å². The van der Waals surface area contributed by atoms with Gasteiger partial charge in [0.05, 0.1) is 29.7 Å². The average molecular weight is 506 g/mol. The highest BCUT2D eigenvalue weighted by Crippen LogP contribution is 2.44. The third-order valence-electron chi connectivity index (χ3n) is 6.79. The SMILES string of the molecule is Br.Cc1ccc(CC(CO)n2c(=N)n(C(c3ccc(C)cc3)C3CC3)c3ccccc32)cc1. The summed E-state index contributed by atoms with van der Waals surface area (Å²) in [6, 6.07) is 25.5. The van der Waals surface area contributed by atoms with E-state index in [1.165, 1.54) is 35.1 Å². The number of aliphatic hydroxyl groups is 1. The Morgan fingerprint density at radius 1 is 0.848 bits per heavy atom. The second-order valence-electron chi connectivity index (χ2n) is 9.27. The van der Waals surface area contributed by atoms with Gasteiger partial charge in [-0.25, -0.2) is 0 Å². The fraction of sp³-hybridized carbons (Fsp3) is 0.321. The molecule has 0 spiro atoms. The molecular weight excluding hydrogens is 474 g/mol. The Balaban J connectivity index is 0.00000259. The second-order valence-corrected chi connectivity index (χ2v) is 9.27. The molecule has 2 atom stereocenters. The Hall–Kier alpha value is -2.63. The number of aromatic nitrogens is 2. The van der Waals surface area contributed by atoms with Crippen molar-refractivity contribution in [2.75, 3.05) is 6.61 Å². The van der Waals surface area contributed by atoms with Crippen LogP contribution in [-0.4, -0.2) is 20.8 Å². The van der Waals surface area contributed by atoms with Gasteiger partial charge in [-0.3, -0.25) is 5.41 Å². The molecule has 2 N–H and O–H groups in total. The molecule has 1 aromatic heterocycles. The van der Waals surface area contributed by atoms with Crippen LogP contribution in [0.3, 0.4) is 0 Å². The van der Waals surface area contributed by atoms with Crippen LogP contribution in [0.5, 0.6) is 0 Å². The van der Waals surface area contributed by atoms with Gasteiger partial charge in [0.15, 0.2) is 0 Å². The molecule has 3 aromatic carbocycles. The van der Waals surface area contributed by atoms with Gasteiger partial charge in [-0.2, -0.15) is 0 Å². The smallest absolute Gasteiger partial charge is 0.203 e. The first-order valence-corrected chi connectivity index (χ1v) is 11.6. The fourth-order valence-electron chi connectivity index (χ4n) is 4.91. The van der Waals surface area contributed by atoms with Gasteiger partial charge in [-0.05, 0) is 62.3 Å². The van der Waals surface area contributed by atoms with Crippen LogP contribution in [0.4, 0.5) is 0 Å². The van der Waals surface area contributed by atoms with E-state index in [1.807, 2.05) is 10.6 Å². The standard InChI is InChI=1S/C28H31N3O.BrH/c1-19-7-11-21(12-8-19)17-24(18-32)30-25-5-3-4-6-26(25)31(28(30)29)27(23-15-16-23)22-13-9-20(2)10-14-22;/h3-14,23-24,27,29,32H,15-18H2,1-2H3;1H. The van der Waals surface area contributed by atoms with Crippen molar-refractivity contribution in [1.29, 1.82) is 5.41 Å². The van der Waals surface area contributed by atoms with Crippen molar-refractivity contribution in [2.24, 2.45) is 5.92 Å². The summed E-state index contributed by atoms with van der Waals surface area (Å²) in [5.74, 6) is 0.552. The number of benzene rings is 3. The monoisotopic (exact) mass is 505 g/mol. The van der Waals surface area contributed by atoms with Crippen LogP contribution in [0.25, 0.3) is 11.0 Å². The lowest BCUT2D eigenvalue weighted by Crippen LogP contribution is -2.33. The molecule has 5 rings (SSSR count). The largest absolute Gasteiger partial charge is 0.394 e. The van der Waals surface area contributed by atoms with E-state index in [9.17, 15) is 10.5 Å². The van der Waals surface area contributed by atoms with Gasteiger partial charge in [0.1, 0.15) is 0 Å². The third kappa shape index (κ3) is 4.57. The zero-order valence-corrected chi connectivity index (χ0v) is 21.0. The fourth-order valence-corrected chi connectivity index (χ4v) is 4.91. The highest BCUT2D eigenvalue weighted by atomic mass is 79.9. The molecule has 0 aliphatic heterocycles. The maximum Gasteiger partial charge on any atom is 0.203 e. The van der Waals surface area contributed by atoms with Crippen molar-refractivity contribution < 1.29 is 5.11 Å². The number of hydrogen-bond acceptors (Lipinski definition) is 2. The Bertz CT molecular complexity index is 1280. The first kappa shape index (κ1) is 23.5. The number of halogens is 1. The molecule has 1 aliphatic carbocycles. The average Bonchev–Trinajstić information content (AvgIpc) is 3.60. The lowest BCUT2D eigenvalue weighted by Gasteiger charge is -2.21. The predicted octanol–water partition coefficient (Wildman–Crippen LogP) is 5.89. The highest BCUT2D eigenvalue weighted by molar-refractivity contribution is 8.93. The molecule has 1 fully saturated rings. The lowest BCUT2D eigenvalue weighted by molar-refractivity contribution is 0.224. The number of rotatable bonds is 7. The van der Waals surface area contributed by atoms with Crippen LogP contribution < -0.4 is 5.62 Å². The summed E-state index contributed by atoms with van der Waals surface area (Å²) in [7, 11) is 0. The van der Waals surface area contributed by atoms with E-state index < -0.39 is 0 Å². The molecule has 2 unspecified atom stereocenters. The third-order valence-corrected chi connectivity index (χ3v) is 6.79. The van der Waals surface area contributed by atoms with E-state index >= 15 is 0 Å². The summed E-state index contributed by atoms with van der Waals surface area (Å²) in [6.45, 7) is 4.19. The predicted molar refractivity (Wildman–Crippen MR) is 139 cm³/mol. The summed E-state index contributed by atoms with van der Waals surface area (Å²) in [4.78, 5) is 0. The number of imidazole rings is 1. The zero-order chi connectivity index (χ0) is 22.2. The second kappa shape index (κ2) is 9.70. The molecule has 172 valence electrons. The van der Waals surface area contributed by atoms with Crippen molar-refractivity contribution in [3.8, 4) is 0 Å². The number of hydrogen-bond donors (Lipinski definition) is 2. The van der Waals surface area contributed by atoms with Crippen LogP contribution in [-0.2, 0) is 6.42 Å². The first-order valence-electron chi connectivity index (χ1n) is 11.6. The molecule has 5 heteroatoms. The zero-order valence-electron chi connectivity index (χ0n) is 19.2. The van der Waals surface area contributed by atoms with Gasteiger partial charge < -0.3 is 14.2 Å². The van der Waals surface area contributed by atoms with Crippen molar-refractivity contribution in [2.45, 2.75) is 45.2 Å². The molecule has 1 aliphatic rings. The van der Waals surface area contributed by atoms with Gasteiger partial charge >= 0.3 is 0 Å². The molecule has 0 radical (unpaired) electrons. The summed E-state index contributed by atoms with van der Waals surface area (Å²) < 4.78 is 4.24. The number of aryl methyl sites for hydroxylation is 2. The van der Waals surface area contributed by atoms with Gasteiger partial charge in [-0.15, -0.1) is 17.0 Å². The molecule has 1 heterocycles. The quantitative estimate of drug-likeness (QED) is 0.323. The van der Waals surface area contributed by atoms with Gasteiger partial charge in [0.2, 0.25) is 5.62 Å². The van der Waals surface area contributed by atoms with Crippen molar-refractivity contribution in [1.82, 2.24) is 9.13 Å². The van der Waals surface area contributed by atoms with Crippen molar-refractivity contribution in [3.05, 3.63) is 101 Å². The maximum absolute atomic E-state index is 10.4. The van der Waals surface area contributed by atoms with Gasteiger partial charge in [-0.1, -0.05) is 71.8 Å². The Kier molecular flexibility index (Phi) is 6.91. The molecule has 4 nitrogen and oxygen atoms in total. The molecule has 1 saturated carbocycles. The highest BCUT2D eigenvalue weighted by Gasteiger charge is 2.36. The molecule has 4 aromatic rings. The Morgan fingerprint density at radius 3 is 1.94 bits per heavy atom. The van der Waals surface area contributed by atoms with E-state index in [2.05, 4.69) is 85.1 Å². The number of fused-ring (bicyclic) bond motifs is 1. The number of nitrogens with one attached hydrogen (secondary N) is 1. The summed E-state index contributed by atoms with van der Waals surface area (Å²) in [5, 5.41) is 19.6. The van der Waals surface area contributed by atoms with Crippen LogP contribution in [0.1, 0.15) is 47.2 Å². The summed E-state index contributed by atoms with van der Waals surface area (Å²) >= 11 is 0. The van der Waals surface area contributed by atoms with Crippen molar-refractivity contribution in [3.63, 3.8) is 0 Å². The Labute approximate surface area is 205 Å². The number of para-hydroxylation sites is 2. The Morgan fingerprint density at radius 2 is 1.39 bits per heavy atom. The summed E-state index contributed by atoms with van der Waals surface area (Å²) in [6.07, 6.45) is 3.08. The minimum absolute atomic E-state index is 0. The van der Waals surface area contributed by atoms with Crippen LogP contribution in [0, 0.1) is 25.2 Å². The minimum atomic E-state index is -0.186. The molecule has 33 heavy (non-hydrogen) atoms. The lowest BCUT2D eigenvalue weighted by atomic mass is 10.0. The van der Waals surface area contributed by atoms with E-state index in [0.29, 0.717) is 18.0 Å². The molecule has 0 saturated heterocycles.